The molecule has 0 bridgehead atoms. The van der Waals surface area contributed by atoms with E-state index in [0.717, 1.165) is 16.1 Å². The summed E-state index contributed by atoms with van der Waals surface area (Å²) in [5.74, 6) is -0.971. The van der Waals surface area contributed by atoms with Crippen molar-refractivity contribution in [2.24, 2.45) is 0 Å². The predicted molar refractivity (Wildman–Crippen MR) is 129 cm³/mol. The van der Waals surface area contributed by atoms with Crippen LogP contribution in [-0.2, 0) is 26.2 Å². The summed E-state index contributed by atoms with van der Waals surface area (Å²) in [6.45, 7) is 4.69. The standard InChI is InChI=1S/C22H27Cl2N3O4S/c1-14-9-10-20(15(2)11-14)27(32(5,30)31)13-21(28)26(16(3)22(29)25-4)12-17-18(23)7-6-8-19(17)24/h6-11,16H,12-13H2,1-5H3,(H,25,29)/t16-/m0/s1. The van der Waals surface area contributed by atoms with Crippen LogP contribution in [0.5, 0.6) is 0 Å². The maximum Gasteiger partial charge on any atom is 0.244 e. The molecule has 0 aliphatic heterocycles. The number of sulfonamides is 1. The summed E-state index contributed by atoms with van der Waals surface area (Å²) in [6, 6.07) is 9.33. The van der Waals surface area contributed by atoms with Crippen molar-refractivity contribution in [1.29, 1.82) is 0 Å². The topological polar surface area (TPSA) is 86.8 Å². The molecule has 0 aromatic heterocycles. The predicted octanol–water partition coefficient (Wildman–Crippen LogP) is 3.54. The first kappa shape index (κ1) is 26.0. The van der Waals surface area contributed by atoms with Crippen molar-refractivity contribution < 1.29 is 18.0 Å². The number of rotatable bonds is 8. The van der Waals surface area contributed by atoms with Gasteiger partial charge in [-0.2, -0.15) is 0 Å². The van der Waals surface area contributed by atoms with E-state index in [-0.39, 0.29) is 6.54 Å². The third kappa shape index (κ3) is 6.15. The summed E-state index contributed by atoms with van der Waals surface area (Å²) < 4.78 is 26.2. The number of aryl methyl sites for hydroxylation is 2. The van der Waals surface area contributed by atoms with Crippen LogP contribution in [0.2, 0.25) is 10.0 Å². The van der Waals surface area contributed by atoms with Gasteiger partial charge in [0.25, 0.3) is 0 Å². The van der Waals surface area contributed by atoms with Crippen LogP contribution >= 0.6 is 23.2 Å². The van der Waals surface area contributed by atoms with Gasteiger partial charge in [-0.3, -0.25) is 13.9 Å². The minimum absolute atomic E-state index is 0.0591. The summed E-state index contributed by atoms with van der Waals surface area (Å²) in [6.07, 6.45) is 1.04. The molecule has 1 atom stereocenters. The maximum absolute atomic E-state index is 13.4. The van der Waals surface area contributed by atoms with Crippen LogP contribution < -0.4 is 9.62 Å². The first-order valence-corrected chi connectivity index (χ1v) is 12.5. The van der Waals surface area contributed by atoms with E-state index < -0.39 is 34.4 Å². The molecule has 174 valence electrons. The number of amides is 2. The van der Waals surface area contributed by atoms with E-state index in [1.165, 1.54) is 11.9 Å². The molecular weight excluding hydrogens is 473 g/mol. The highest BCUT2D eigenvalue weighted by Gasteiger charge is 2.31. The Hall–Kier alpha value is -2.29. The Morgan fingerprint density at radius 3 is 2.19 bits per heavy atom. The maximum atomic E-state index is 13.4. The Balaban J connectivity index is 2.47. The number of nitrogens with one attached hydrogen (secondary N) is 1. The quantitative estimate of drug-likeness (QED) is 0.601. The summed E-state index contributed by atoms with van der Waals surface area (Å²) in [5.41, 5.74) is 2.55. The highest BCUT2D eigenvalue weighted by Crippen LogP contribution is 2.28. The zero-order chi connectivity index (χ0) is 24.2. The Labute approximate surface area is 199 Å². The SMILES string of the molecule is CNC(=O)[C@H](C)N(Cc1c(Cl)cccc1Cl)C(=O)CN(c1ccc(C)cc1C)S(C)(=O)=O. The summed E-state index contributed by atoms with van der Waals surface area (Å²) in [4.78, 5) is 27.0. The van der Waals surface area contributed by atoms with Gasteiger partial charge >= 0.3 is 0 Å². The Morgan fingerprint density at radius 1 is 1.09 bits per heavy atom. The molecule has 2 aromatic carbocycles. The number of hydrogen-bond acceptors (Lipinski definition) is 4. The molecule has 0 aliphatic rings. The van der Waals surface area contributed by atoms with Gasteiger partial charge in [-0.15, -0.1) is 0 Å². The number of carbonyl (C=O) groups is 2. The number of carbonyl (C=O) groups excluding carboxylic acids is 2. The number of anilines is 1. The lowest BCUT2D eigenvalue weighted by Crippen LogP contribution is -2.50. The van der Waals surface area contributed by atoms with Gasteiger partial charge in [0, 0.05) is 29.2 Å². The fourth-order valence-corrected chi connectivity index (χ4v) is 4.75. The normalized spacial score (nSPS) is 12.2. The van der Waals surface area contributed by atoms with Gasteiger partial charge in [0.15, 0.2) is 0 Å². The highest BCUT2D eigenvalue weighted by atomic mass is 35.5. The van der Waals surface area contributed by atoms with Crippen molar-refractivity contribution in [1.82, 2.24) is 10.2 Å². The van der Waals surface area contributed by atoms with Gasteiger partial charge in [-0.25, -0.2) is 8.42 Å². The molecule has 2 aromatic rings. The van der Waals surface area contributed by atoms with Gasteiger partial charge in [0.1, 0.15) is 12.6 Å². The minimum Gasteiger partial charge on any atom is -0.357 e. The minimum atomic E-state index is -3.79. The van der Waals surface area contributed by atoms with E-state index in [0.29, 0.717) is 26.9 Å². The molecule has 0 saturated carbocycles. The van der Waals surface area contributed by atoms with Gasteiger partial charge in [0.05, 0.1) is 11.9 Å². The average Bonchev–Trinajstić information content (AvgIpc) is 2.70. The van der Waals surface area contributed by atoms with Gasteiger partial charge in [-0.1, -0.05) is 47.0 Å². The van der Waals surface area contributed by atoms with E-state index in [2.05, 4.69) is 5.32 Å². The van der Waals surface area contributed by atoms with Crippen LogP contribution in [0.4, 0.5) is 5.69 Å². The van der Waals surface area contributed by atoms with Crippen molar-refractivity contribution in [3.05, 3.63) is 63.1 Å². The van der Waals surface area contributed by atoms with Crippen LogP contribution in [0.15, 0.2) is 36.4 Å². The van der Waals surface area contributed by atoms with Crippen LogP contribution in [0.3, 0.4) is 0 Å². The molecule has 32 heavy (non-hydrogen) atoms. The smallest absolute Gasteiger partial charge is 0.244 e. The molecule has 0 aliphatic carbocycles. The summed E-state index contributed by atoms with van der Waals surface area (Å²) in [5, 5.41) is 3.20. The fraction of sp³-hybridized carbons (Fsp3) is 0.364. The Kier molecular flexibility index (Phi) is 8.56. The van der Waals surface area contributed by atoms with E-state index in [1.54, 1.807) is 44.2 Å². The number of hydrogen-bond donors (Lipinski definition) is 1. The monoisotopic (exact) mass is 499 g/mol. The van der Waals surface area contributed by atoms with Crippen LogP contribution in [0.25, 0.3) is 0 Å². The second-order valence-electron chi connectivity index (χ2n) is 7.57. The molecule has 0 fully saturated rings. The second-order valence-corrected chi connectivity index (χ2v) is 10.3. The fourth-order valence-electron chi connectivity index (χ4n) is 3.33. The number of likely N-dealkylation sites (N-methyl/N-ethyl adjacent to an activating group) is 1. The molecule has 0 heterocycles. The molecule has 0 radical (unpaired) electrons. The van der Waals surface area contributed by atoms with Gasteiger partial charge in [-0.05, 0) is 44.5 Å². The molecule has 0 unspecified atom stereocenters. The van der Waals surface area contributed by atoms with E-state index in [9.17, 15) is 18.0 Å². The van der Waals surface area contributed by atoms with E-state index in [1.807, 2.05) is 13.0 Å². The Morgan fingerprint density at radius 2 is 1.69 bits per heavy atom. The lowest BCUT2D eigenvalue weighted by atomic mass is 10.1. The zero-order valence-corrected chi connectivity index (χ0v) is 21.0. The molecule has 0 spiro atoms. The van der Waals surface area contributed by atoms with Crippen molar-refractivity contribution in [2.45, 2.75) is 33.4 Å². The summed E-state index contributed by atoms with van der Waals surface area (Å²) in [7, 11) is -2.33. The number of halogens is 2. The third-order valence-electron chi connectivity index (χ3n) is 5.10. The first-order valence-electron chi connectivity index (χ1n) is 9.85. The lowest BCUT2D eigenvalue weighted by molar-refractivity contribution is -0.139. The number of benzene rings is 2. The van der Waals surface area contributed by atoms with Crippen molar-refractivity contribution in [2.75, 3.05) is 24.2 Å². The molecule has 0 saturated heterocycles. The van der Waals surface area contributed by atoms with Gasteiger partial charge in [0.2, 0.25) is 21.8 Å². The highest BCUT2D eigenvalue weighted by molar-refractivity contribution is 7.92. The van der Waals surface area contributed by atoms with Crippen molar-refractivity contribution in [3.8, 4) is 0 Å². The molecule has 10 heteroatoms. The lowest BCUT2D eigenvalue weighted by Gasteiger charge is -2.32. The molecule has 7 nitrogen and oxygen atoms in total. The molecular formula is C22H27Cl2N3O4S. The van der Waals surface area contributed by atoms with Gasteiger partial charge < -0.3 is 10.2 Å². The molecule has 2 rings (SSSR count). The van der Waals surface area contributed by atoms with Crippen molar-refractivity contribution in [3.63, 3.8) is 0 Å². The van der Waals surface area contributed by atoms with Crippen LogP contribution in [0, 0.1) is 13.8 Å². The second kappa shape index (κ2) is 10.6. The van der Waals surface area contributed by atoms with Crippen molar-refractivity contribution >= 4 is 50.7 Å². The van der Waals surface area contributed by atoms with E-state index >= 15 is 0 Å². The largest absolute Gasteiger partial charge is 0.357 e. The zero-order valence-electron chi connectivity index (χ0n) is 18.6. The summed E-state index contributed by atoms with van der Waals surface area (Å²) >= 11 is 12.6. The first-order chi connectivity index (χ1) is 14.9. The average molecular weight is 500 g/mol. The van der Waals surface area contributed by atoms with E-state index in [4.69, 9.17) is 23.2 Å². The number of nitrogens with zero attached hydrogens (tertiary/aromatic N) is 2. The third-order valence-corrected chi connectivity index (χ3v) is 6.94. The van der Waals surface area contributed by atoms with Crippen LogP contribution in [0.1, 0.15) is 23.6 Å². The van der Waals surface area contributed by atoms with Crippen LogP contribution in [-0.4, -0.2) is 51.0 Å². The Bertz CT molecular complexity index is 1100. The molecule has 1 N–H and O–H groups in total. The molecule has 2 amide bonds.